The molecule has 1 aromatic carbocycles. The second-order valence-corrected chi connectivity index (χ2v) is 4.23. The average Bonchev–Trinajstić information content (AvgIpc) is 2.52. The summed E-state index contributed by atoms with van der Waals surface area (Å²) in [7, 11) is 0. The number of thioether (sulfide) groups is 1. The number of fused-ring (bicyclic) bond motifs is 1. The summed E-state index contributed by atoms with van der Waals surface area (Å²) in [5.74, 6) is -0.459. The van der Waals surface area contributed by atoms with Crippen LogP contribution in [0.4, 0.5) is 5.69 Å². The fraction of sp³-hybridized carbons (Fsp3) is 0.200. The maximum absolute atomic E-state index is 11.3. The molecule has 1 aromatic rings. The van der Waals surface area contributed by atoms with Crippen LogP contribution in [0, 0.1) is 0 Å². The molecule has 4 nitrogen and oxygen atoms in total. The van der Waals surface area contributed by atoms with Crippen molar-refractivity contribution in [3.05, 3.63) is 23.8 Å². The molecule has 0 bridgehead atoms. The van der Waals surface area contributed by atoms with Gasteiger partial charge < -0.3 is 10.4 Å². The molecule has 5 heteroatoms. The smallest absolute Gasteiger partial charge is 0.296 e. The number of hydrogen-bond acceptors (Lipinski definition) is 4. The van der Waals surface area contributed by atoms with Crippen LogP contribution >= 0.6 is 11.8 Å². The topological polar surface area (TPSA) is 66.4 Å². The van der Waals surface area contributed by atoms with Gasteiger partial charge in [0.2, 0.25) is 0 Å². The van der Waals surface area contributed by atoms with E-state index in [1.165, 1.54) is 11.8 Å². The van der Waals surface area contributed by atoms with Gasteiger partial charge in [0.05, 0.1) is 17.9 Å². The number of anilines is 1. The van der Waals surface area contributed by atoms with E-state index in [0.29, 0.717) is 17.0 Å². The monoisotopic (exact) mass is 223 g/mol. The Morgan fingerprint density at radius 3 is 2.87 bits per heavy atom. The molecule has 0 aromatic heterocycles. The van der Waals surface area contributed by atoms with Crippen molar-refractivity contribution in [3.8, 4) is 0 Å². The third-order valence-corrected chi connectivity index (χ3v) is 3.02. The largest absolute Gasteiger partial charge is 0.396 e. The van der Waals surface area contributed by atoms with Gasteiger partial charge in [-0.05, 0) is 18.2 Å². The van der Waals surface area contributed by atoms with Crippen LogP contribution in [-0.4, -0.2) is 29.2 Å². The van der Waals surface area contributed by atoms with Crippen molar-refractivity contribution < 1.29 is 14.7 Å². The summed E-state index contributed by atoms with van der Waals surface area (Å²) in [5.41, 5.74) is 0.987. The zero-order valence-electron chi connectivity index (χ0n) is 7.82. The number of rotatable bonds is 3. The number of carbonyl (C=O) groups excluding carboxylic acids is 2. The molecule has 1 heterocycles. The van der Waals surface area contributed by atoms with E-state index in [1.807, 2.05) is 0 Å². The number of carbonyl (C=O) groups is 2. The number of aliphatic hydroxyl groups excluding tert-OH is 1. The Kier molecular flexibility index (Phi) is 2.75. The molecular weight excluding hydrogens is 214 g/mol. The van der Waals surface area contributed by atoms with Crippen molar-refractivity contribution in [3.63, 3.8) is 0 Å². The molecule has 15 heavy (non-hydrogen) atoms. The fourth-order valence-electron chi connectivity index (χ4n) is 1.38. The molecule has 1 aliphatic heterocycles. The van der Waals surface area contributed by atoms with Crippen LogP contribution in [0.15, 0.2) is 23.1 Å². The predicted octanol–water partition coefficient (Wildman–Crippen LogP) is 0.906. The van der Waals surface area contributed by atoms with Crippen LogP contribution in [0.1, 0.15) is 10.4 Å². The van der Waals surface area contributed by atoms with Crippen molar-refractivity contribution in [1.29, 1.82) is 0 Å². The Labute approximate surface area is 90.7 Å². The van der Waals surface area contributed by atoms with E-state index in [-0.39, 0.29) is 6.61 Å². The lowest BCUT2D eigenvalue weighted by atomic mass is 10.1. The van der Waals surface area contributed by atoms with Crippen LogP contribution in [-0.2, 0) is 4.79 Å². The third kappa shape index (κ3) is 1.88. The molecule has 0 saturated carbocycles. The first kappa shape index (κ1) is 10.2. The lowest BCUT2D eigenvalue weighted by molar-refractivity contribution is -0.112. The molecule has 0 aliphatic carbocycles. The highest BCUT2D eigenvalue weighted by atomic mass is 32.2. The first-order valence-corrected chi connectivity index (χ1v) is 5.44. The van der Waals surface area contributed by atoms with Crippen LogP contribution in [0.25, 0.3) is 0 Å². The molecule has 1 amide bonds. The first-order chi connectivity index (χ1) is 7.22. The minimum atomic E-state index is -0.575. The Morgan fingerprint density at radius 1 is 1.33 bits per heavy atom. The zero-order chi connectivity index (χ0) is 10.8. The summed E-state index contributed by atoms with van der Waals surface area (Å²) in [4.78, 5) is 23.2. The minimum absolute atomic E-state index is 0.104. The van der Waals surface area contributed by atoms with Crippen molar-refractivity contribution in [2.24, 2.45) is 0 Å². The van der Waals surface area contributed by atoms with E-state index < -0.39 is 11.7 Å². The fourth-order valence-corrected chi connectivity index (χ4v) is 2.07. The molecule has 0 atom stereocenters. The molecule has 1 aliphatic rings. The van der Waals surface area contributed by atoms with Gasteiger partial charge in [0.25, 0.3) is 11.7 Å². The summed E-state index contributed by atoms with van der Waals surface area (Å²) in [6.45, 7) is 0.104. The van der Waals surface area contributed by atoms with Crippen molar-refractivity contribution in [1.82, 2.24) is 0 Å². The van der Waals surface area contributed by atoms with E-state index in [1.54, 1.807) is 18.2 Å². The van der Waals surface area contributed by atoms with Gasteiger partial charge in [-0.3, -0.25) is 9.59 Å². The SMILES string of the molecule is O=C1Nc2cc(SCCO)ccc2C1=O. The number of ketones is 1. The Hall–Kier alpha value is -1.33. The lowest BCUT2D eigenvalue weighted by Crippen LogP contribution is -2.12. The van der Waals surface area contributed by atoms with Gasteiger partial charge in [-0.25, -0.2) is 0 Å². The second kappa shape index (κ2) is 4.04. The molecule has 2 rings (SSSR count). The summed E-state index contributed by atoms with van der Waals surface area (Å²) < 4.78 is 0. The van der Waals surface area contributed by atoms with Gasteiger partial charge >= 0.3 is 0 Å². The van der Waals surface area contributed by atoms with Crippen molar-refractivity contribution in [2.75, 3.05) is 17.7 Å². The minimum Gasteiger partial charge on any atom is -0.396 e. The van der Waals surface area contributed by atoms with Crippen molar-refractivity contribution in [2.45, 2.75) is 4.90 Å². The van der Waals surface area contributed by atoms with Crippen LogP contribution < -0.4 is 5.32 Å². The van der Waals surface area contributed by atoms with Gasteiger partial charge in [0, 0.05) is 10.6 Å². The van der Waals surface area contributed by atoms with E-state index in [0.717, 1.165) is 4.90 Å². The van der Waals surface area contributed by atoms with Gasteiger partial charge in [-0.1, -0.05) is 0 Å². The Bertz CT molecular complexity index is 431. The van der Waals surface area contributed by atoms with E-state index in [2.05, 4.69) is 5.32 Å². The predicted molar refractivity (Wildman–Crippen MR) is 57.2 cm³/mol. The second-order valence-electron chi connectivity index (χ2n) is 3.06. The van der Waals surface area contributed by atoms with Crippen molar-refractivity contribution >= 4 is 29.1 Å². The number of aliphatic hydroxyl groups is 1. The van der Waals surface area contributed by atoms with Crippen LogP contribution in [0.3, 0.4) is 0 Å². The van der Waals surface area contributed by atoms with E-state index in [4.69, 9.17) is 5.11 Å². The van der Waals surface area contributed by atoms with E-state index >= 15 is 0 Å². The summed E-state index contributed by atoms with van der Waals surface area (Å²) >= 11 is 1.48. The molecule has 0 fully saturated rings. The molecule has 0 saturated heterocycles. The van der Waals surface area contributed by atoms with E-state index in [9.17, 15) is 9.59 Å². The quantitative estimate of drug-likeness (QED) is 0.590. The molecule has 2 N–H and O–H groups in total. The molecule has 0 spiro atoms. The highest BCUT2D eigenvalue weighted by molar-refractivity contribution is 7.99. The molecular formula is C10H9NO3S. The maximum atomic E-state index is 11.3. The molecule has 0 radical (unpaired) electrons. The van der Waals surface area contributed by atoms with Gasteiger partial charge in [-0.15, -0.1) is 11.8 Å². The maximum Gasteiger partial charge on any atom is 0.296 e. The summed E-state index contributed by atoms with van der Waals surface area (Å²) in [6, 6.07) is 5.16. The lowest BCUT2D eigenvalue weighted by Gasteiger charge is -2.01. The number of Topliss-reactive ketones (excluding diaryl/α,β-unsaturated/α-hetero) is 1. The highest BCUT2D eigenvalue weighted by Crippen LogP contribution is 2.28. The Morgan fingerprint density at radius 2 is 2.13 bits per heavy atom. The van der Waals surface area contributed by atoms with Crippen LogP contribution in [0.2, 0.25) is 0 Å². The first-order valence-electron chi connectivity index (χ1n) is 4.46. The highest BCUT2D eigenvalue weighted by Gasteiger charge is 2.27. The molecule has 78 valence electrons. The average molecular weight is 223 g/mol. The number of nitrogens with one attached hydrogen (secondary N) is 1. The number of benzene rings is 1. The van der Waals surface area contributed by atoms with Gasteiger partial charge in [0.15, 0.2) is 0 Å². The van der Waals surface area contributed by atoms with Crippen LogP contribution in [0.5, 0.6) is 0 Å². The van der Waals surface area contributed by atoms with Gasteiger partial charge in [0.1, 0.15) is 0 Å². The number of amides is 1. The molecule has 0 unspecified atom stereocenters. The normalized spacial score (nSPS) is 13.9. The summed E-state index contributed by atoms with van der Waals surface area (Å²) in [5, 5.41) is 11.2. The van der Waals surface area contributed by atoms with Gasteiger partial charge in [-0.2, -0.15) is 0 Å². The standard InChI is InChI=1S/C10H9NO3S/c12-3-4-15-6-1-2-7-8(5-6)11-10(14)9(7)13/h1-2,5,12H,3-4H2,(H,11,13,14). The number of hydrogen-bond donors (Lipinski definition) is 2. The third-order valence-electron chi connectivity index (χ3n) is 2.05. The zero-order valence-corrected chi connectivity index (χ0v) is 8.63. The Balaban J connectivity index is 2.25. The summed E-state index contributed by atoms with van der Waals surface area (Å²) in [6.07, 6.45) is 0.